The molecule has 0 saturated heterocycles. The van der Waals surface area contributed by atoms with Crippen molar-refractivity contribution in [1.29, 1.82) is 0 Å². The topological polar surface area (TPSA) is 64.6 Å². The van der Waals surface area contributed by atoms with Crippen LogP contribution in [0, 0.1) is 34.5 Å². The molecule has 0 heterocycles. The van der Waals surface area contributed by atoms with Gasteiger partial charge in [0.2, 0.25) is 5.91 Å². The van der Waals surface area contributed by atoms with Gasteiger partial charge in [-0.05, 0) is 109 Å². The van der Waals surface area contributed by atoms with Crippen molar-refractivity contribution in [2.75, 3.05) is 20.8 Å². The van der Waals surface area contributed by atoms with E-state index in [1.54, 1.807) is 14.2 Å². The summed E-state index contributed by atoms with van der Waals surface area (Å²) in [5.74, 6) is 3.68. The van der Waals surface area contributed by atoms with E-state index in [1.165, 1.54) is 5.57 Å². The SMILES string of the molecule is C=C1C[C@@]2(C)C(=CC1=O)CCC1C2CC[C@@]2(C)C1CC[C@@H]2C(=O)NCCc1ccc(OC)c(OC)c1. The van der Waals surface area contributed by atoms with Crippen molar-refractivity contribution in [2.45, 2.75) is 65.2 Å². The molecule has 3 fully saturated rings. The highest BCUT2D eigenvalue weighted by Crippen LogP contribution is 2.66. The van der Waals surface area contributed by atoms with E-state index in [9.17, 15) is 9.59 Å². The number of carbonyl (C=O) groups excluding carboxylic acids is 2. The monoisotopic (exact) mass is 491 g/mol. The van der Waals surface area contributed by atoms with Gasteiger partial charge < -0.3 is 14.8 Å². The first-order valence-electron chi connectivity index (χ1n) is 13.6. The predicted molar refractivity (Wildman–Crippen MR) is 141 cm³/mol. The van der Waals surface area contributed by atoms with E-state index in [0.29, 0.717) is 35.8 Å². The summed E-state index contributed by atoms with van der Waals surface area (Å²) in [6.07, 6.45) is 10.0. The summed E-state index contributed by atoms with van der Waals surface area (Å²) in [6, 6.07) is 5.93. The van der Waals surface area contributed by atoms with Gasteiger partial charge in [0.15, 0.2) is 17.3 Å². The second kappa shape index (κ2) is 9.39. The molecule has 1 aromatic carbocycles. The minimum Gasteiger partial charge on any atom is -0.493 e. The smallest absolute Gasteiger partial charge is 0.223 e. The van der Waals surface area contributed by atoms with Crippen LogP contribution in [0.3, 0.4) is 0 Å². The molecule has 3 unspecified atom stereocenters. The van der Waals surface area contributed by atoms with E-state index < -0.39 is 0 Å². The van der Waals surface area contributed by atoms with Crippen LogP contribution in [-0.4, -0.2) is 32.5 Å². The average molecular weight is 492 g/mol. The number of nitrogens with one attached hydrogen (secondary N) is 1. The zero-order chi connectivity index (χ0) is 25.7. The van der Waals surface area contributed by atoms with Gasteiger partial charge in [-0.1, -0.05) is 32.1 Å². The molecular formula is C31H41NO4. The van der Waals surface area contributed by atoms with Crippen LogP contribution in [0.15, 0.2) is 42.0 Å². The van der Waals surface area contributed by atoms with Gasteiger partial charge in [-0.2, -0.15) is 0 Å². The van der Waals surface area contributed by atoms with Crippen LogP contribution >= 0.6 is 0 Å². The normalized spacial score (nSPS) is 35.3. The van der Waals surface area contributed by atoms with Gasteiger partial charge in [0.05, 0.1) is 14.2 Å². The predicted octanol–water partition coefficient (Wildman–Crippen LogP) is 5.68. The Labute approximate surface area is 215 Å². The summed E-state index contributed by atoms with van der Waals surface area (Å²) >= 11 is 0. The van der Waals surface area contributed by atoms with Gasteiger partial charge in [0.25, 0.3) is 0 Å². The molecule has 0 aromatic heterocycles. The number of benzene rings is 1. The van der Waals surface area contributed by atoms with Gasteiger partial charge in [0, 0.05) is 12.5 Å². The van der Waals surface area contributed by atoms with Gasteiger partial charge in [0.1, 0.15) is 0 Å². The molecule has 6 atom stereocenters. The van der Waals surface area contributed by atoms with Crippen molar-refractivity contribution in [3.63, 3.8) is 0 Å². The minimum atomic E-state index is 0.0632. The Hall–Kier alpha value is -2.56. The molecule has 4 aliphatic carbocycles. The number of ketones is 1. The molecule has 0 bridgehead atoms. The summed E-state index contributed by atoms with van der Waals surface area (Å²) < 4.78 is 10.7. The number of allylic oxidation sites excluding steroid dienone is 2. The lowest BCUT2D eigenvalue weighted by Crippen LogP contribution is -2.52. The molecule has 194 valence electrons. The summed E-state index contributed by atoms with van der Waals surface area (Å²) in [6.45, 7) is 9.48. The number of hydrogen-bond donors (Lipinski definition) is 1. The third kappa shape index (κ3) is 3.99. The Morgan fingerprint density at radius 2 is 1.86 bits per heavy atom. The molecule has 1 N–H and O–H groups in total. The number of rotatable bonds is 6. The molecule has 5 heteroatoms. The zero-order valence-electron chi connectivity index (χ0n) is 22.3. The number of amides is 1. The fourth-order valence-electron chi connectivity index (χ4n) is 8.52. The molecule has 4 aliphatic rings. The largest absolute Gasteiger partial charge is 0.493 e. The number of hydrogen-bond acceptors (Lipinski definition) is 4. The summed E-state index contributed by atoms with van der Waals surface area (Å²) in [4.78, 5) is 25.7. The van der Waals surface area contributed by atoms with Gasteiger partial charge >= 0.3 is 0 Å². The fraction of sp³-hybridized carbons (Fsp3) is 0.613. The number of methoxy groups -OCH3 is 2. The first-order chi connectivity index (χ1) is 17.2. The lowest BCUT2D eigenvalue weighted by Gasteiger charge is -2.58. The second-order valence-electron chi connectivity index (χ2n) is 12.1. The van der Waals surface area contributed by atoms with E-state index in [1.807, 2.05) is 24.3 Å². The summed E-state index contributed by atoms with van der Waals surface area (Å²) in [7, 11) is 3.28. The quantitative estimate of drug-likeness (QED) is 0.520. The van der Waals surface area contributed by atoms with Gasteiger partial charge in [-0.15, -0.1) is 0 Å². The number of carbonyl (C=O) groups is 2. The Morgan fingerprint density at radius 3 is 2.61 bits per heavy atom. The maximum atomic E-state index is 13.4. The van der Waals surface area contributed by atoms with Crippen LogP contribution in [0.2, 0.25) is 0 Å². The second-order valence-corrected chi connectivity index (χ2v) is 12.1. The Morgan fingerprint density at radius 1 is 1.08 bits per heavy atom. The molecule has 36 heavy (non-hydrogen) atoms. The highest BCUT2D eigenvalue weighted by Gasteiger charge is 2.60. The first-order valence-corrected chi connectivity index (χ1v) is 13.6. The van der Waals surface area contributed by atoms with Crippen LogP contribution in [0.1, 0.15) is 64.4 Å². The van der Waals surface area contributed by atoms with E-state index in [-0.39, 0.29) is 28.4 Å². The number of fused-ring (bicyclic) bond motifs is 5. The molecule has 5 rings (SSSR count). The lowest BCUT2D eigenvalue weighted by atomic mass is 9.46. The third-order valence-electron chi connectivity index (χ3n) is 10.4. The van der Waals surface area contributed by atoms with E-state index in [2.05, 4.69) is 25.7 Å². The van der Waals surface area contributed by atoms with Crippen LogP contribution in [0.5, 0.6) is 11.5 Å². The van der Waals surface area contributed by atoms with Crippen molar-refractivity contribution in [2.24, 2.45) is 34.5 Å². The Balaban J connectivity index is 1.24. The summed E-state index contributed by atoms with van der Waals surface area (Å²) in [5, 5.41) is 3.26. The fourth-order valence-corrected chi connectivity index (χ4v) is 8.52. The molecular weight excluding hydrogens is 450 g/mol. The standard InChI is InChI=1S/C31H41NO4/c1-19-18-31(3)21(17-26(19)33)7-8-22-23-9-10-25(30(23,2)14-12-24(22)31)29(34)32-15-13-20-6-11-27(35-4)28(16-20)36-5/h6,11,16-17,22-25H,1,7-10,12-15,18H2,2-5H3,(H,32,34)/t22?,23?,24?,25-,30+,31+/m1/s1. The number of ether oxygens (including phenoxy) is 2. The van der Waals surface area contributed by atoms with E-state index in [0.717, 1.165) is 62.5 Å². The zero-order valence-corrected chi connectivity index (χ0v) is 22.3. The molecule has 0 spiro atoms. The third-order valence-corrected chi connectivity index (χ3v) is 10.4. The van der Waals surface area contributed by atoms with Crippen LogP contribution in [0.4, 0.5) is 0 Å². The Kier molecular flexibility index (Phi) is 6.55. The van der Waals surface area contributed by atoms with Crippen LogP contribution in [-0.2, 0) is 16.0 Å². The van der Waals surface area contributed by atoms with Crippen LogP contribution in [0.25, 0.3) is 0 Å². The van der Waals surface area contributed by atoms with Crippen molar-refractivity contribution >= 4 is 11.7 Å². The highest BCUT2D eigenvalue weighted by molar-refractivity contribution is 6.05. The first kappa shape index (κ1) is 25.1. The van der Waals surface area contributed by atoms with Crippen molar-refractivity contribution in [3.05, 3.63) is 47.6 Å². The van der Waals surface area contributed by atoms with Crippen molar-refractivity contribution in [3.8, 4) is 11.5 Å². The maximum absolute atomic E-state index is 13.4. The maximum Gasteiger partial charge on any atom is 0.223 e. The van der Waals surface area contributed by atoms with E-state index in [4.69, 9.17) is 9.47 Å². The molecule has 1 amide bonds. The molecule has 5 nitrogen and oxygen atoms in total. The van der Waals surface area contributed by atoms with E-state index >= 15 is 0 Å². The molecule has 1 aromatic rings. The van der Waals surface area contributed by atoms with Crippen LogP contribution < -0.4 is 14.8 Å². The summed E-state index contributed by atoms with van der Waals surface area (Å²) in [5.41, 5.74) is 3.37. The minimum absolute atomic E-state index is 0.0632. The van der Waals surface area contributed by atoms with Crippen molar-refractivity contribution in [1.82, 2.24) is 5.32 Å². The molecule has 0 aliphatic heterocycles. The average Bonchev–Trinajstić information content (AvgIpc) is 3.22. The Bertz CT molecular complexity index is 1110. The highest BCUT2D eigenvalue weighted by atomic mass is 16.5. The van der Waals surface area contributed by atoms with Gasteiger partial charge in [-0.25, -0.2) is 0 Å². The molecule has 0 radical (unpaired) electrons. The van der Waals surface area contributed by atoms with Gasteiger partial charge in [-0.3, -0.25) is 9.59 Å². The van der Waals surface area contributed by atoms with Crippen molar-refractivity contribution < 1.29 is 19.1 Å². The molecule has 3 saturated carbocycles. The lowest BCUT2D eigenvalue weighted by molar-refractivity contribution is -0.132.